The van der Waals surface area contributed by atoms with Gasteiger partial charge in [-0.3, -0.25) is 9.78 Å². The number of aryl methyl sites for hydroxylation is 1. The Kier molecular flexibility index (Phi) is 5.67. The molecule has 1 saturated heterocycles. The highest BCUT2D eigenvalue weighted by atomic mass is 32.1. The number of pyridine rings is 1. The molecule has 1 aliphatic rings. The molecule has 0 aliphatic carbocycles. The van der Waals surface area contributed by atoms with Crippen LogP contribution in [0.1, 0.15) is 29.8 Å². The van der Waals surface area contributed by atoms with E-state index in [4.69, 9.17) is 0 Å². The Labute approximate surface area is 169 Å². The molecule has 144 valence electrons. The summed E-state index contributed by atoms with van der Waals surface area (Å²) >= 11 is 1.53. The summed E-state index contributed by atoms with van der Waals surface area (Å²) in [5.74, 6) is -0.0231. The van der Waals surface area contributed by atoms with Crippen LogP contribution in [0, 0.1) is 6.92 Å². The van der Waals surface area contributed by atoms with Crippen molar-refractivity contribution in [3.05, 3.63) is 59.2 Å². The summed E-state index contributed by atoms with van der Waals surface area (Å²) in [5, 5.41) is 3.86. The molecule has 3 aromatic rings. The van der Waals surface area contributed by atoms with Gasteiger partial charge in [-0.25, -0.2) is 4.98 Å². The van der Waals surface area contributed by atoms with E-state index in [9.17, 15) is 4.79 Å². The van der Waals surface area contributed by atoms with E-state index >= 15 is 0 Å². The van der Waals surface area contributed by atoms with E-state index in [2.05, 4.69) is 32.3 Å². The number of nitrogens with zero attached hydrogens (tertiary/aromatic N) is 3. The molecular formula is C22H24N4OS. The monoisotopic (exact) mass is 392 g/mol. The predicted octanol–water partition coefficient (Wildman–Crippen LogP) is 4.69. The molecule has 0 radical (unpaired) electrons. The van der Waals surface area contributed by atoms with Crippen molar-refractivity contribution in [3.8, 4) is 10.7 Å². The lowest BCUT2D eigenvalue weighted by molar-refractivity contribution is -0.115. The SMILES string of the molecule is Cc1nc(-c2ccccn2)sc1CC(=O)Nc1ccc(N2CCCCC2)cc1. The van der Waals surface area contributed by atoms with E-state index in [-0.39, 0.29) is 5.91 Å². The molecule has 28 heavy (non-hydrogen) atoms. The number of thiazole rings is 1. The normalized spacial score (nSPS) is 14.1. The van der Waals surface area contributed by atoms with Gasteiger partial charge < -0.3 is 10.2 Å². The van der Waals surface area contributed by atoms with Gasteiger partial charge in [0.15, 0.2) is 0 Å². The second kappa shape index (κ2) is 8.52. The molecule has 0 spiro atoms. The molecule has 1 aliphatic heterocycles. The number of carbonyl (C=O) groups excluding carboxylic acids is 1. The Morgan fingerprint density at radius 1 is 1.11 bits per heavy atom. The van der Waals surface area contributed by atoms with Crippen LogP contribution in [0.25, 0.3) is 10.7 Å². The minimum absolute atomic E-state index is 0.0231. The van der Waals surface area contributed by atoms with Crippen LogP contribution in [-0.4, -0.2) is 29.0 Å². The minimum Gasteiger partial charge on any atom is -0.372 e. The molecule has 1 N–H and O–H groups in total. The Bertz CT molecular complexity index is 931. The maximum Gasteiger partial charge on any atom is 0.229 e. The van der Waals surface area contributed by atoms with Crippen molar-refractivity contribution >= 4 is 28.6 Å². The number of carbonyl (C=O) groups is 1. The lowest BCUT2D eigenvalue weighted by atomic mass is 10.1. The number of rotatable bonds is 5. The maximum atomic E-state index is 12.5. The van der Waals surface area contributed by atoms with Crippen LogP contribution >= 0.6 is 11.3 Å². The second-order valence-electron chi connectivity index (χ2n) is 7.06. The van der Waals surface area contributed by atoms with Crippen LogP contribution in [0.3, 0.4) is 0 Å². The van der Waals surface area contributed by atoms with Gasteiger partial charge in [0, 0.05) is 35.5 Å². The summed E-state index contributed by atoms with van der Waals surface area (Å²) in [6.45, 7) is 4.18. The number of hydrogen-bond donors (Lipinski definition) is 1. The maximum absolute atomic E-state index is 12.5. The number of aromatic nitrogens is 2. The van der Waals surface area contributed by atoms with Crippen molar-refractivity contribution in [2.75, 3.05) is 23.3 Å². The van der Waals surface area contributed by atoms with E-state index in [1.54, 1.807) is 6.20 Å². The zero-order valence-electron chi connectivity index (χ0n) is 16.0. The van der Waals surface area contributed by atoms with Gasteiger partial charge >= 0.3 is 0 Å². The topological polar surface area (TPSA) is 58.1 Å². The Morgan fingerprint density at radius 2 is 1.89 bits per heavy atom. The van der Waals surface area contributed by atoms with Crippen molar-refractivity contribution in [2.24, 2.45) is 0 Å². The molecule has 1 aromatic carbocycles. The Balaban J connectivity index is 1.38. The highest BCUT2D eigenvalue weighted by Gasteiger charge is 2.14. The third-order valence-electron chi connectivity index (χ3n) is 4.97. The van der Waals surface area contributed by atoms with E-state index in [1.807, 2.05) is 37.3 Å². The fourth-order valence-electron chi connectivity index (χ4n) is 3.45. The van der Waals surface area contributed by atoms with Gasteiger partial charge in [-0.05, 0) is 62.6 Å². The largest absolute Gasteiger partial charge is 0.372 e. The van der Waals surface area contributed by atoms with Crippen LogP contribution in [0.5, 0.6) is 0 Å². The standard InChI is InChI=1S/C22H24N4OS/c1-16-20(28-22(24-16)19-7-3-4-12-23-19)15-21(27)25-17-8-10-18(11-9-17)26-13-5-2-6-14-26/h3-4,7-12H,2,5-6,13-15H2,1H3,(H,25,27). The first kappa shape index (κ1) is 18.6. The van der Waals surface area contributed by atoms with Crippen LogP contribution in [0.4, 0.5) is 11.4 Å². The van der Waals surface area contributed by atoms with E-state index in [0.29, 0.717) is 6.42 Å². The van der Waals surface area contributed by atoms with Gasteiger partial charge in [0.1, 0.15) is 5.01 Å². The smallest absolute Gasteiger partial charge is 0.229 e. The number of amides is 1. The molecule has 0 atom stereocenters. The Hall–Kier alpha value is -2.73. The number of anilines is 2. The van der Waals surface area contributed by atoms with E-state index in [0.717, 1.165) is 40.0 Å². The molecule has 5 nitrogen and oxygen atoms in total. The van der Waals surface area contributed by atoms with Gasteiger partial charge in [-0.1, -0.05) is 6.07 Å². The van der Waals surface area contributed by atoms with Gasteiger partial charge in [-0.2, -0.15) is 0 Å². The third kappa shape index (κ3) is 4.39. The number of piperidine rings is 1. The van der Waals surface area contributed by atoms with Crippen LogP contribution in [0.2, 0.25) is 0 Å². The fourth-order valence-corrected chi connectivity index (χ4v) is 4.49. The highest BCUT2D eigenvalue weighted by molar-refractivity contribution is 7.15. The molecule has 3 heterocycles. The van der Waals surface area contributed by atoms with Gasteiger partial charge in [0.2, 0.25) is 5.91 Å². The lowest BCUT2D eigenvalue weighted by Gasteiger charge is -2.28. The molecule has 0 saturated carbocycles. The molecule has 1 fully saturated rings. The summed E-state index contributed by atoms with van der Waals surface area (Å²) < 4.78 is 0. The summed E-state index contributed by atoms with van der Waals surface area (Å²) in [6, 6.07) is 13.9. The lowest BCUT2D eigenvalue weighted by Crippen LogP contribution is -2.29. The molecule has 6 heteroatoms. The molecule has 0 unspecified atom stereocenters. The first-order chi connectivity index (χ1) is 13.7. The number of benzene rings is 1. The molecule has 4 rings (SSSR count). The van der Waals surface area contributed by atoms with Gasteiger partial charge in [0.05, 0.1) is 17.8 Å². The average molecular weight is 393 g/mol. The van der Waals surface area contributed by atoms with Crippen molar-refractivity contribution in [2.45, 2.75) is 32.6 Å². The van der Waals surface area contributed by atoms with Gasteiger partial charge in [0.25, 0.3) is 0 Å². The average Bonchev–Trinajstić information content (AvgIpc) is 3.10. The molecular weight excluding hydrogens is 368 g/mol. The summed E-state index contributed by atoms with van der Waals surface area (Å²) in [4.78, 5) is 24.8. The zero-order chi connectivity index (χ0) is 19.3. The Morgan fingerprint density at radius 3 is 2.61 bits per heavy atom. The third-order valence-corrected chi connectivity index (χ3v) is 6.15. The fraction of sp³-hybridized carbons (Fsp3) is 0.318. The summed E-state index contributed by atoms with van der Waals surface area (Å²) in [6.07, 6.45) is 5.92. The summed E-state index contributed by atoms with van der Waals surface area (Å²) in [5.41, 5.74) is 3.80. The summed E-state index contributed by atoms with van der Waals surface area (Å²) in [7, 11) is 0. The minimum atomic E-state index is -0.0231. The van der Waals surface area contributed by atoms with Crippen molar-refractivity contribution in [1.29, 1.82) is 0 Å². The number of hydrogen-bond acceptors (Lipinski definition) is 5. The van der Waals surface area contributed by atoms with Crippen molar-refractivity contribution in [1.82, 2.24) is 9.97 Å². The van der Waals surface area contributed by atoms with E-state index in [1.165, 1.54) is 36.3 Å². The van der Waals surface area contributed by atoms with Crippen molar-refractivity contribution < 1.29 is 4.79 Å². The first-order valence-corrected chi connectivity index (χ1v) is 10.5. The highest BCUT2D eigenvalue weighted by Crippen LogP contribution is 2.27. The second-order valence-corrected chi connectivity index (χ2v) is 8.15. The molecule has 1 amide bonds. The quantitative estimate of drug-likeness (QED) is 0.685. The number of nitrogens with one attached hydrogen (secondary N) is 1. The molecule has 0 bridgehead atoms. The predicted molar refractivity (Wildman–Crippen MR) is 115 cm³/mol. The van der Waals surface area contributed by atoms with E-state index < -0.39 is 0 Å². The van der Waals surface area contributed by atoms with Crippen LogP contribution < -0.4 is 10.2 Å². The van der Waals surface area contributed by atoms with Crippen molar-refractivity contribution in [3.63, 3.8) is 0 Å². The van der Waals surface area contributed by atoms with Crippen LogP contribution in [0.15, 0.2) is 48.7 Å². The first-order valence-electron chi connectivity index (χ1n) is 9.71. The zero-order valence-corrected chi connectivity index (χ0v) is 16.8. The van der Waals surface area contributed by atoms with Gasteiger partial charge in [-0.15, -0.1) is 11.3 Å². The molecule has 2 aromatic heterocycles. The van der Waals surface area contributed by atoms with Crippen LogP contribution in [-0.2, 0) is 11.2 Å².